The molecule has 0 fully saturated rings. The van der Waals surface area contributed by atoms with Gasteiger partial charge < -0.3 is 10.1 Å². The Morgan fingerprint density at radius 3 is 2.55 bits per heavy atom. The van der Waals surface area contributed by atoms with Crippen LogP contribution in [0.15, 0.2) is 18.2 Å². The van der Waals surface area contributed by atoms with E-state index >= 15 is 0 Å². The van der Waals surface area contributed by atoms with Crippen LogP contribution in [-0.2, 0) is 6.42 Å². The van der Waals surface area contributed by atoms with E-state index in [1.807, 2.05) is 26.0 Å². The van der Waals surface area contributed by atoms with Gasteiger partial charge in [-0.2, -0.15) is 13.2 Å². The largest absolute Gasteiger partial charge is 0.496 e. The van der Waals surface area contributed by atoms with Crippen LogP contribution in [0.4, 0.5) is 13.2 Å². The van der Waals surface area contributed by atoms with Crippen LogP contribution < -0.4 is 10.1 Å². The first-order valence-electron chi connectivity index (χ1n) is 6.79. The van der Waals surface area contributed by atoms with Gasteiger partial charge in [-0.3, -0.25) is 0 Å². The van der Waals surface area contributed by atoms with E-state index < -0.39 is 18.6 Å². The lowest BCUT2D eigenvalue weighted by Crippen LogP contribution is -2.36. The Morgan fingerprint density at radius 1 is 1.30 bits per heavy atom. The van der Waals surface area contributed by atoms with E-state index in [9.17, 15) is 13.2 Å². The molecule has 5 heteroatoms. The van der Waals surface area contributed by atoms with Crippen LogP contribution in [-0.4, -0.2) is 25.9 Å². The van der Waals surface area contributed by atoms with E-state index in [2.05, 4.69) is 5.32 Å². The first-order valence-corrected chi connectivity index (χ1v) is 6.79. The van der Waals surface area contributed by atoms with Crippen LogP contribution in [0.25, 0.3) is 0 Å². The van der Waals surface area contributed by atoms with Gasteiger partial charge >= 0.3 is 6.18 Å². The highest BCUT2D eigenvalue weighted by Crippen LogP contribution is 2.26. The highest BCUT2D eigenvalue weighted by Gasteiger charge is 2.32. The Bertz CT molecular complexity index is 418. The molecule has 0 spiro atoms. The SMILES string of the molecule is CCCNC(Cc1cc(C)ccc1OC)CC(F)(F)F. The maximum atomic E-state index is 12.6. The molecule has 0 aliphatic rings. The third-order valence-corrected chi connectivity index (χ3v) is 3.06. The minimum absolute atomic E-state index is 0.310. The molecule has 1 aromatic carbocycles. The molecule has 114 valence electrons. The summed E-state index contributed by atoms with van der Waals surface area (Å²) in [7, 11) is 1.53. The molecule has 1 unspecified atom stereocenters. The monoisotopic (exact) mass is 289 g/mol. The van der Waals surface area contributed by atoms with Gasteiger partial charge in [0.1, 0.15) is 5.75 Å². The van der Waals surface area contributed by atoms with Gasteiger partial charge in [-0.05, 0) is 37.9 Å². The van der Waals surface area contributed by atoms with Crippen LogP contribution in [0.2, 0.25) is 0 Å². The van der Waals surface area contributed by atoms with E-state index in [4.69, 9.17) is 4.74 Å². The summed E-state index contributed by atoms with van der Waals surface area (Å²) in [6.45, 7) is 4.43. The minimum atomic E-state index is -4.16. The van der Waals surface area contributed by atoms with Crippen molar-refractivity contribution < 1.29 is 17.9 Å². The summed E-state index contributed by atoms with van der Waals surface area (Å²) in [6.07, 6.45) is -3.88. The number of alkyl halides is 3. The molecular weight excluding hydrogens is 267 g/mol. The average Bonchev–Trinajstić information content (AvgIpc) is 2.34. The fourth-order valence-corrected chi connectivity index (χ4v) is 2.18. The van der Waals surface area contributed by atoms with Crippen molar-refractivity contribution in [3.05, 3.63) is 29.3 Å². The number of aryl methyl sites for hydroxylation is 1. The summed E-state index contributed by atoms with van der Waals surface area (Å²) in [4.78, 5) is 0. The molecule has 0 amide bonds. The normalized spacial score (nSPS) is 13.3. The maximum Gasteiger partial charge on any atom is 0.390 e. The first-order chi connectivity index (χ1) is 9.35. The molecule has 1 atom stereocenters. The van der Waals surface area contributed by atoms with Crippen LogP contribution >= 0.6 is 0 Å². The molecule has 0 heterocycles. The van der Waals surface area contributed by atoms with E-state index in [0.717, 1.165) is 17.5 Å². The number of hydrogen-bond acceptors (Lipinski definition) is 2. The molecule has 0 saturated heterocycles. The Kier molecular flexibility index (Phi) is 6.33. The minimum Gasteiger partial charge on any atom is -0.496 e. The zero-order valence-electron chi connectivity index (χ0n) is 12.2. The predicted molar refractivity (Wildman–Crippen MR) is 74.2 cm³/mol. The lowest BCUT2D eigenvalue weighted by Gasteiger charge is -2.21. The van der Waals surface area contributed by atoms with Crippen molar-refractivity contribution in [2.75, 3.05) is 13.7 Å². The molecular formula is C15H22F3NO. The van der Waals surface area contributed by atoms with Crippen molar-refractivity contribution in [3.63, 3.8) is 0 Å². The van der Waals surface area contributed by atoms with Crippen molar-refractivity contribution in [3.8, 4) is 5.75 Å². The van der Waals surface area contributed by atoms with E-state index in [1.54, 1.807) is 6.07 Å². The highest BCUT2D eigenvalue weighted by atomic mass is 19.4. The number of benzene rings is 1. The summed E-state index contributed by atoms with van der Waals surface area (Å²) >= 11 is 0. The van der Waals surface area contributed by atoms with Crippen molar-refractivity contribution in [2.24, 2.45) is 0 Å². The summed E-state index contributed by atoms with van der Waals surface area (Å²) < 4.78 is 43.1. The summed E-state index contributed by atoms with van der Waals surface area (Å²) in [5, 5.41) is 2.97. The number of nitrogens with one attached hydrogen (secondary N) is 1. The molecule has 20 heavy (non-hydrogen) atoms. The zero-order chi connectivity index (χ0) is 15.2. The van der Waals surface area contributed by atoms with Gasteiger partial charge in [-0.15, -0.1) is 0 Å². The van der Waals surface area contributed by atoms with Gasteiger partial charge in [0.15, 0.2) is 0 Å². The third-order valence-electron chi connectivity index (χ3n) is 3.06. The van der Waals surface area contributed by atoms with Crippen LogP contribution in [0.1, 0.15) is 30.9 Å². The Hall–Kier alpha value is -1.23. The van der Waals surface area contributed by atoms with Crippen molar-refractivity contribution in [2.45, 2.75) is 45.3 Å². The second-order valence-electron chi connectivity index (χ2n) is 4.99. The number of rotatable bonds is 7. The average molecular weight is 289 g/mol. The molecule has 0 aliphatic heterocycles. The molecule has 0 saturated carbocycles. The number of ether oxygens (including phenoxy) is 1. The Morgan fingerprint density at radius 2 is 2.00 bits per heavy atom. The first kappa shape index (κ1) is 16.8. The van der Waals surface area contributed by atoms with Gasteiger partial charge in [0, 0.05) is 6.04 Å². The number of hydrogen-bond donors (Lipinski definition) is 1. The zero-order valence-corrected chi connectivity index (χ0v) is 12.2. The summed E-state index contributed by atoms with van der Waals surface area (Å²) in [6, 6.07) is 4.96. The van der Waals surface area contributed by atoms with Gasteiger partial charge in [0.25, 0.3) is 0 Å². The summed E-state index contributed by atoms with van der Waals surface area (Å²) in [5.74, 6) is 0.640. The molecule has 1 aromatic rings. The van der Waals surface area contributed by atoms with Crippen LogP contribution in [0.3, 0.4) is 0 Å². The van der Waals surface area contributed by atoms with E-state index in [-0.39, 0.29) is 0 Å². The van der Waals surface area contributed by atoms with Crippen LogP contribution in [0.5, 0.6) is 5.75 Å². The second kappa shape index (κ2) is 7.53. The van der Waals surface area contributed by atoms with Crippen molar-refractivity contribution in [1.29, 1.82) is 0 Å². The van der Waals surface area contributed by atoms with E-state index in [0.29, 0.717) is 18.7 Å². The smallest absolute Gasteiger partial charge is 0.390 e. The molecule has 0 aromatic heterocycles. The van der Waals surface area contributed by atoms with Crippen molar-refractivity contribution in [1.82, 2.24) is 5.32 Å². The lowest BCUT2D eigenvalue weighted by atomic mass is 10.00. The quantitative estimate of drug-likeness (QED) is 0.823. The van der Waals surface area contributed by atoms with Gasteiger partial charge in [-0.25, -0.2) is 0 Å². The topological polar surface area (TPSA) is 21.3 Å². The number of halogens is 3. The summed E-state index contributed by atoms with van der Waals surface area (Å²) in [5.41, 5.74) is 1.83. The fourth-order valence-electron chi connectivity index (χ4n) is 2.18. The van der Waals surface area contributed by atoms with Gasteiger partial charge in [0.05, 0.1) is 13.5 Å². The van der Waals surface area contributed by atoms with Crippen LogP contribution in [0, 0.1) is 6.92 Å². The standard InChI is InChI=1S/C15H22F3NO/c1-4-7-19-13(10-15(16,17)18)9-12-8-11(2)5-6-14(12)20-3/h5-6,8,13,19H,4,7,9-10H2,1-3H3. The van der Waals surface area contributed by atoms with Gasteiger partial charge in [0.2, 0.25) is 0 Å². The molecule has 1 N–H and O–H groups in total. The predicted octanol–water partition coefficient (Wildman–Crippen LogP) is 3.87. The van der Waals surface area contributed by atoms with Crippen molar-refractivity contribution >= 4 is 0 Å². The third kappa shape index (κ3) is 5.82. The fraction of sp³-hybridized carbons (Fsp3) is 0.600. The Balaban J connectivity index is 2.85. The Labute approximate surface area is 118 Å². The molecule has 0 bridgehead atoms. The number of methoxy groups -OCH3 is 1. The highest BCUT2D eigenvalue weighted by molar-refractivity contribution is 5.37. The molecule has 1 rings (SSSR count). The molecule has 2 nitrogen and oxygen atoms in total. The van der Waals surface area contributed by atoms with E-state index in [1.165, 1.54) is 7.11 Å². The maximum absolute atomic E-state index is 12.6. The van der Waals surface area contributed by atoms with Gasteiger partial charge in [-0.1, -0.05) is 24.6 Å². The second-order valence-corrected chi connectivity index (χ2v) is 4.99. The molecule has 0 aliphatic carbocycles. The molecule has 0 radical (unpaired) electrons. The lowest BCUT2D eigenvalue weighted by molar-refractivity contribution is -0.139.